The van der Waals surface area contributed by atoms with E-state index in [1.54, 1.807) is 42.5 Å². The lowest BCUT2D eigenvalue weighted by Crippen LogP contribution is -2.50. The zero-order chi connectivity index (χ0) is 27.1. The van der Waals surface area contributed by atoms with Crippen LogP contribution in [0.1, 0.15) is 45.9 Å². The standard InChI is InChI=1S/C32H26Cl2N2O3/c1-2-39-26-11-7-6-10-23(26)27-28(30(37)20-12-14-21(33)15-13-20)32(36-29(27)19-8-4-3-5-9-19)24-18-22(34)16-17-25(24)35-31(32)38/h3-18,27-29,36H,2H2,1H3,(H,35,38)/t27-,28?,29+,32?/m0/s1. The second kappa shape index (κ2) is 10.2. The first-order chi connectivity index (χ1) is 18.9. The third-order valence-corrected chi connectivity index (χ3v) is 8.22. The van der Waals surface area contributed by atoms with Gasteiger partial charge in [0, 0.05) is 38.8 Å². The van der Waals surface area contributed by atoms with Crippen LogP contribution >= 0.6 is 23.2 Å². The summed E-state index contributed by atoms with van der Waals surface area (Å²) in [5, 5.41) is 7.71. The van der Waals surface area contributed by atoms with Crippen LogP contribution in [0.25, 0.3) is 0 Å². The van der Waals surface area contributed by atoms with Gasteiger partial charge in [0.2, 0.25) is 5.91 Å². The maximum absolute atomic E-state index is 14.7. The van der Waals surface area contributed by atoms with Gasteiger partial charge in [0.1, 0.15) is 11.3 Å². The highest BCUT2D eigenvalue weighted by Gasteiger charge is 2.65. The lowest BCUT2D eigenvalue weighted by molar-refractivity contribution is -0.122. The highest BCUT2D eigenvalue weighted by Crippen LogP contribution is 2.58. The second-order valence-electron chi connectivity index (χ2n) is 9.83. The monoisotopic (exact) mass is 556 g/mol. The van der Waals surface area contributed by atoms with Gasteiger partial charge >= 0.3 is 0 Å². The van der Waals surface area contributed by atoms with Gasteiger partial charge in [0.05, 0.1) is 12.5 Å². The van der Waals surface area contributed by atoms with Crippen LogP contribution in [-0.4, -0.2) is 18.3 Å². The number of amides is 1. The van der Waals surface area contributed by atoms with Crippen molar-refractivity contribution in [1.82, 2.24) is 5.32 Å². The van der Waals surface area contributed by atoms with Gasteiger partial charge in [-0.05, 0) is 66.6 Å². The van der Waals surface area contributed by atoms with Crippen LogP contribution in [-0.2, 0) is 10.3 Å². The molecule has 4 aromatic carbocycles. The quantitative estimate of drug-likeness (QED) is 0.247. The molecule has 2 heterocycles. The van der Waals surface area contributed by atoms with Crippen molar-refractivity contribution in [1.29, 1.82) is 0 Å². The molecule has 0 aliphatic carbocycles. The number of benzene rings is 4. The van der Waals surface area contributed by atoms with E-state index in [9.17, 15) is 9.59 Å². The molecule has 1 spiro atoms. The van der Waals surface area contributed by atoms with E-state index in [1.807, 2.05) is 61.5 Å². The van der Waals surface area contributed by atoms with Crippen LogP contribution in [0.2, 0.25) is 10.0 Å². The van der Waals surface area contributed by atoms with Crippen molar-refractivity contribution in [3.8, 4) is 5.75 Å². The molecule has 4 aromatic rings. The number of carbonyl (C=O) groups is 2. The van der Waals surface area contributed by atoms with E-state index in [0.717, 1.165) is 11.1 Å². The summed E-state index contributed by atoms with van der Waals surface area (Å²) in [6, 6.07) is 29.4. The van der Waals surface area contributed by atoms with Crippen molar-refractivity contribution in [2.24, 2.45) is 5.92 Å². The number of anilines is 1. The number of ether oxygens (including phenoxy) is 1. The van der Waals surface area contributed by atoms with Gasteiger partial charge in [-0.2, -0.15) is 0 Å². The fraction of sp³-hybridized carbons (Fsp3) is 0.188. The number of para-hydroxylation sites is 1. The number of Topliss-reactive ketones (excluding diaryl/α,β-unsaturated/α-hetero) is 1. The van der Waals surface area contributed by atoms with Crippen molar-refractivity contribution < 1.29 is 14.3 Å². The molecule has 0 bridgehead atoms. The van der Waals surface area contributed by atoms with E-state index in [-0.39, 0.29) is 17.7 Å². The number of rotatable bonds is 6. The molecule has 0 radical (unpaired) electrons. The molecule has 0 aromatic heterocycles. The molecule has 5 nitrogen and oxygen atoms in total. The Bertz CT molecular complexity index is 1560. The molecule has 7 heteroatoms. The molecule has 6 rings (SSSR count). The molecule has 0 saturated carbocycles. The number of ketones is 1. The zero-order valence-corrected chi connectivity index (χ0v) is 22.7. The molecular formula is C32H26Cl2N2O3. The maximum atomic E-state index is 14.7. The van der Waals surface area contributed by atoms with Gasteiger partial charge in [-0.15, -0.1) is 0 Å². The lowest BCUT2D eigenvalue weighted by atomic mass is 9.69. The van der Waals surface area contributed by atoms with Gasteiger partial charge in [-0.3, -0.25) is 14.9 Å². The summed E-state index contributed by atoms with van der Waals surface area (Å²) in [6.07, 6.45) is 0. The van der Waals surface area contributed by atoms with Gasteiger partial charge in [-0.25, -0.2) is 0 Å². The molecule has 1 saturated heterocycles. The molecular weight excluding hydrogens is 531 g/mol. The lowest BCUT2D eigenvalue weighted by Gasteiger charge is -2.31. The largest absolute Gasteiger partial charge is 0.494 e. The fourth-order valence-electron chi connectivity index (χ4n) is 6.14. The topological polar surface area (TPSA) is 67.4 Å². The Hall–Kier alpha value is -3.64. The van der Waals surface area contributed by atoms with Crippen LogP contribution in [0, 0.1) is 5.92 Å². The normalized spacial score (nSPS) is 23.5. The maximum Gasteiger partial charge on any atom is 0.250 e. The highest BCUT2D eigenvalue weighted by atomic mass is 35.5. The average molecular weight is 557 g/mol. The number of fused-ring (bicyclic) bond motifs is 2. The van der Waals surface area contributed by atoms with E-state index in [1.165, 1.54) is 0 Å². The van der Waals surface area contributed by atoms with E-state index >= 15 is 0 Å². The Balaban J connectivity index is 1.65. The first kappa shape index (κ1) is 25.6. The molecule has 2 aliphatic heterocycles. The van der Waals surface area contributed by atoms with Crippen LogP contribution < -0.4 is 15.4 Å². The number of hydrogen-bond acceptors (Lipinski definition) is 4. The number of nitrogens with one attached hydrogen (secondary N) is 2. The first-order valence-electron chi connectivity index (χ1n) is 12.9. The van der Waals surface area contributed by atoms with Gasteiger partial charge < -0.3 is 10.1 Å². The molecule has 2 unspecified atom stereocenters. The Labute approximate surface area is 237 Å². The van der Waals surface area contributed by atoms with Crippen LogP contribution in [0.5, 0.6) is 5.75 Å². The Kier molecular flexibility index (Phi) is 6.67. The van der Waals surface area contributed by atoms with E-state index in [2.05, 4.69) is 10.6 Å². The summed E-state index contributed by atoms with van der Waals surface area (Å²) < 4.78 is 6.07. The molecule has 2 N–H and O–H groups in total. The van der Waals surface area contributed by atoms with Crippen LogP contribution in [0.15, 0.2) is 97.1 Å². The number of halogens is 2. The molecule has 1 amide bonds. The third-order valence-electron chi connectivity index (χ3n) is 7.73. The Morgan fingerprint density at radius 3 is 2.33 bits per heavy atom. The van der Waals surface area contributed by atoms with Gasteiger partial charge in [0.25, 0.3) is 0 Å². The predicted molar refractivity (Wildman–Crippen MR) is 154 cm³/mol. The van der Waals surface area contributed by atoms with Crippen molar-refractivity contribution in [3.63, 3.8) is 0 Å². The summed E-state index contributed by atoms with van der Waals surface area (Å²) >= 11 is 12.6. The second-order valence-corrected chi connectivity index (χ2v) is 10.7. The molecule has 1 fully saturated rings. The van der Waals surface area contributed by atoms with Crippen molar-refractivity contribution in [3.05, 3.63) is 129 Å². The summed E-state index contributed by atoms with van der Waals surface area (Å²) in [6.45, 7) is 2.39. The minimum atomic E-state index is -1.37. The minimum absolute atomic E-state index is 0.170. The average Bonchev–Trinajstić information content (AvgIpc) is 3.45. The smallest absolute Gasteiger partial charge is 0.250 e. The van der Waals surface area contributed by atoms with Crippen molar-refractivity contribution >= 4 is 40.6 Å². The SMILES string of the molecule is CCOc1ccccc1[C@H]1C(C(=O)c2ccc(Cl)cc2)C2(N[C@@H]1c1ccccc1)C(=O)Nc1ccc(Cl)cc12. The third kappa shape index (κ3) is 4.22. The Morgan fingerprint density at radius 2 is 1.59 bits per heavy atom. The molecule has 2 aliphatic rings. The fourth-order valence-corrected chi connectivity index (χ4v) is 6.44. The van der Waals surface area contributed by atoms with Gasteiger partial charge in [0.15, 0.2) is 5.78 Å². The van der Waals surface area contributed by atoms with E-state index in [4.69, 9.17) is 27.9 Å². The Morgan fingerprint density at radius 1 is 0.897 bits per heavy atom. The zero-order valence-electron chi connectivity index (χ0n) is 21.2. The predicted octanol–water partition coefficient (Wildman–Crippen LogP) is 7.17. The van der Waals surface area contributed by atoms with Crippen molar-refractivity contribution in [2.45, 2.75) is 24.4 Å². The van der Waals surface area contributed by atoms with Crippen LogP contribution in [0.4, 0.5) is 5.69 Å². The first-order valence-corrected chi connectivity index (χ1v) is 13.6. The van der Waals surface area contributed by atoms with Crippen molar-refractivity contribution in [2.75, 3.05) is 11.9 Å². The van der Waals surface area contributed by atoms with Crippen LogP contribution in [0.3, 0.4) is 0 Å². The molecule has 4 atom stereocenters. The molecule has 196 valence electrons. The van der Waals surface area contributed by atoms with Gasteiger partial charge in [-0.1, -0.05) is 71.7 Å². The summed E-state index contributed by atoms with van der Waals surface area (Å²) in [5.74, 6) is -1.05. The van der Waals surface area contributed by atoms with E-state index < -0.39 is 17.4 Å². The summed E-state index contributed by atoms with van der Waals surface area (Å²) in [5.41, 5.74) is 2.21. The molecule has 39 heavy (non-hydrogen) atoms. The number of carbonyl (C=O) groups excluding carboxylic acids is 2. The highest BCUT2D eigenvalue weighted by molar-refractivity contribution is 6.31. The summed E-state index contributed by atoms with van der Waals surface area (Å²) in [7, 11) is 0. The minimum Gasteiger partial charge on any atom is -0.494 e. The number of hydrogen-bond donors (Lipinski definition) is 2. The summed E-state index contributed by atoms with van der Waals surface area (Å²) in [4.78, 5) is 28.8. The van der Waals surface area contributed by atoms with E-state index in [0.29, 0.717) is 39.2 Å².